The zero-order chi connectivity index (χ0) is 16.4. The van der Waals surface area contributed by atoms with E-state index in [0.717, 1.165) is 0 Å². The summed E-state index contributed by atoms with van der Waals surface area (Å²) in [6.07, 6.45) is 1.55. The van der Waals surface area contributed by atoms with Crippen LogP contribution in [0.25, 0.3) is 0 Å². The number of carbonyl (C=O) groups is 2. The first-order valence-electron chi connectivity index (χ1n) is 6.72. The summed E-state index contributed by atoms with van der Waals surface area (Å²) in [6, 6.07) is 5.63. The summed E-state index contributed by atoms with van der Waals surface area (Å²) in [4.78, 5) is 30.0. The van der Waals surface area contributed by atoms with E-state index in [9.17, 15) is 9.59 Å². The molecule has 2 aromatic rings. The minimum absolute atomic E-state index is 0.0210. The van der Waals surface area contributed by atoms with Crippen LogP contribution in [-0.2, 0) is 4.79 Å². The molecule has 0 saturated carbocycles. The normalized spacial score (nSPS) is 16.8. The lowest BCUT2D eigenvalue weighted by molar-refractivity contribution is -0.120. The van der Waals surface area contributed by atoms with Crippen molar-refractivity contribution < 1.29 is 14.3 Å². The van der Waals surface area contributed by atoms with E-state index >= 15 is 0 Å². The SMILES string of the molecule is CN1C(=O)C(NC(=O)c2cc(C#N)n[nH]2)COc2cccnc21. The molecule has 3 rings (SSSR count). The second-order valence-electron chi connectivity index (χ2n) is 4.84. The Balaban J connectivity index is 1.78. The van der Waals surface area contributed by atoms with E-state index in [-0.39, 0.29) is 23.9 Å². The standard InChI is InChI=1S/C14H12N6O3/c1-20-12-11(3-2-4-16-12)23-7-10(14(20)22)17-13(21)9-5-8(6-15)18-19-9/h2-5,10H,7H2,1H3,(H,17,21)(H,18,19). The molecule has 23 heavy (non-hydrogen) atoms. The largest absolute Gasteiger partial charge is 0.487 e. The first kappa shape index (κ1) is 14.5. The molecule has 1 unspecified atom stereocenters. The second kappa shape index (κ2) is 5.76. The molecule has 3 heterocycles. The number of hydrogen-bond donors (Lipinski definition) is 2. The Morgan fingerprint density at radius 2 is 2.43 bits per heavy atom. The van der Waals surface area contributed by atoms with Crippen LogP contribution in [0, 0.1) is 11.3 Å². The van der Waals surface area contributed by atoms with Gasteiger partial charge in [-0.1, -0.05) is 0 Å². The lowest BCUT2D eigenvalue weighted by Crippen LogP contribution is -2.49. The van der Waals surface area contributed by atoms with Gasteiger partial charge in [-0.15, -0.1) is 0 Å². The minimum Gasteiger partial charge on any atom is -0.487 e. The van der Waals surface area contributed by atoms with Crippen molar-refractivity contribution in [3.8, 4) is 11.8 Å². The Bertz CT molecular complexity index is 809. The third-order valence-electron chi connectivity index (χ3n) is 3.35. The summed E-state index contributed by atoms with van der Waals surface area (Å²) in [7, 11) is 1.56. The summed E-state index contributed by atoms with van der Waals surface area (Å²) < 4.78 is 5.55. The summed E-state index contributed by atoms with van der Waals surface area (Å²) >= 11 is 0. The van der Waals surface area contributed by atoms with E-state index in [2.05, 4.69) is 20.5 Å². The molecule has 116 valence electrons. The van der Waals surface area contributed by atoms with Crippen molar-refractivity contribution in [3.63, 3.8) is 0 Å². The van der Waals surface area contributed by atoms with Crippen LogP contribution in [0.4, 0.5) is 5.82 Å². The van der Waals surface area contributed by atoms with E-state index in [1.165, 1.54) is 11.0 Å². The van der Waals surface area contributed by atoms with Gasteiger partial charge in [0, 0.05) is 19.3 Å². The molecule has 2 aromatic heterocycles. The predicted molar refractivity (Wildman–Crippen MR) is 77.7 cm³/mol. The predicted octanol–water partition coefficient (Wildman–Crippen LogP) is -0.170. The van der Waals surface area contributed by atoms with E-state index in [1.807, 2.05) is 6.07 Å². The Kier molecular flexibility index (Phi) is 3.64. The van der Waals surface area contributed by atoms with Crippen LogP contribution in [-0.4, -0.2) is 46.7 Å². The Morgan fingerprint density at radius 1 is 1.61 bits per heavy atom. The van der Waals surface area contributed by atoms with Crippen molar-refractivity contribution in [1.29, 1.82) is 5.26 Å². The summed E-state index contributed by atoms with van der Waals surface area (Å²) in [5.41, 5.74) is 0.184. The topological polar surface area (TPSA) is 124 Å². The third-order valence-corrected chi connectivity index (χ3v) is 3.35. The molecule has 0 spiro atoms. The van der Waals surface area contributed by atoms with Crippen LogP contribution in [0.15, 0.2) is 24.4 Å². The highest BCUT2D eigenvalue weighted by molar-refractivity contribution is 6.02. The number of amides is 2. The van der Waals surface area contributed by atoms with Crippen molar-refractivity contribution in [2.24, 2.45) is 0 Å². The highest BCUT2D eigenvalue weighted by Gasteiger charge is 2.31. The number of H-pyrrole nitrogens is 1. The van der Waals surface area contributed by atoms with Gasteiger partial charge in [-0.2, -0.15) is 10.4 Å². The lowest BCUT2D eigenvalue weighted by atomic mass is 10.2. The molecule has 0 fully saturated rings. The maximum atomic E-state index is 12.4. The molecule has 0 radical (unpaired) electrons. The third kappa shape index (κ3) is 2.69. The number of nitriles is 1. The smallest absolute Gasteiger partial charge is 0.270 e. The summed E-state index contributed by atoms with van der Waals surface area (Å²) in [5, 5.41) is 17.4. The molecule has 0 saturated heterocycles. The van der Waals surface area contributed by atoms with Crippen molar-refractivity contribution >= 4 is 17.6 Å². The first-order valence-corrected chi connectivity index (χ1v) is 6.72. The van der Waals surface area contributed by atoms with Crippen molar-refractivity contribution in [1.82, 2.24) is 20.5 Å². The average molecular weight is 312 g/mol. The minimum atomic E-state index is -0.879. The van der Waals surface area contributed by atoms with Gasteiger partial charge in [-0.3, -0.25) is 19.6 Å². The van der Waals surface area contributed by atoms with Crippen LogP contribution in [0.1, 0.15) is 16.2 Å². The number of nitrogens with zero attached hydrogens (tertiary/aromatic N) is 4. The van der Waals surface area contributed by atoms with Gasteiger partial charge in [-0.25, -0.2) is 4.98 Å². The number of carbonyl (C=O) groups excluding carboxylic acids is 2. The molecule has 1 aliphatic heterocycles. The zero-order valence-corrected chi connectivity index (χ0v) is 12.1. The number of anilines is 1. The van der Waals surface area contributed by atoms with Gasteiger partial charge >= 0.3 is 0 Å². The number of fused-ring (bicyclic) bond motifs is 1. The fraction of sp³-hybridized carbons (Fsp3) is 0.214. The molecule has 0 aliphatic carbocycles. The van der Waals surface area contributed by atoms with Gasteiger partial charge in [0.1, 0.15) is 24.4 Å². The van der Waals surface area contributed by atoms with E-state index < -0.39 is 11.9 Å². The quantitative estimate of drug-likeness (QED) is 0.793. The van der Waals surface area contributed by atoms with Crippen LogP contribution in [0.2, 0.25) is 0 Å². The molecule has 1 aliphatic rings. The number of ether oxygens (including phenoxy) is 1. The highest BCUT2D eigenvalue weighted by atomic mass is 16.5. The van der Waals surface area contributed by atoms with Crippen molar-refractivity contribution in [3.05, 3.63) is 35.8 Å². The monoisotopic (exact) mass is 312 g/mol. The number of pyridine rings is 1. The van der Waals surface area contributed by atoms with E-state index in [1.54, 1.807) is 25.4 Å². The molecule has 9 heteroatoms. The van der Waals surface area contributed by atoms with Gasteiger partial charge in [0.25, 0.3) is 11.8 Å². The fourth-order valence-electron chi connectivity index (χ4n) is 2.16. The Morgan fingerprint density at radius 3 is 3.17 bits per heavy atom. The summed E-state index contributed by atoms with van der Waals surface area (Å²) in [5.74, 6) is -0.0416. The maximum Gasteiger partial charge on any atom is 0.270 e. The Labute approximate surface area is 130 Å². The molecule has 0 bridgehead atoms. The van der Waals surface area contributed by atoms with Gasteiger partial charge < -0.3 is 10.1 Å². The number of aromatic amines is 1. The Hall–Kier alpha value is -3.41. The first-order chi connectivity index (χ1) is 11.1. The number of rotatable bonds is 2. The number of hydrogen-bond acceptors (Lipinski definition) is 6. The van der Waals surface area contributed by atoms with Gasteiger partial charge in [0.2, 0.25) is 0 Å². The second-order valence-corrected chi connectivity index (χ2v) is 4.84. The van der Waals surface area contributed by atoms with Crippen LogP contribution in [0.3, 0.4) is 0 Å². The van der Waals surface area contributed by atoms with Crippen molar-refractivity contribution in [2.75, 3.05) is 18.6 Å². The molecule has 1 atom stereocenters. The number of nitrogens with one attached hydrogen (secondary N) is 2. The van der Waals surface area contributed by atoms with Crippen LogP contribution in [0.5, 0.6) is 5.75 Å². The van der Waals surface area contributed by atoms with E-state index in [0.29, 0.717) is 11.6 Å². The zero-order valence-electron chi connectivity index (χ0n) is 12.1. The fourth-order valence-corrected chi connectivity index (χ4v) is 2.16. The molecule has 0 aromatic carbocycles. The average Bonchev–Trinajstić information content (AvgIpc) is 3.02. The number of likely N-dealkylation sites (N-methyl/N-ethyl adjacent to an activating group) is 1. The molecule has 2 amide bonds. The van der Waals surface area contributed by atoms with Gasteiger partial charge in [0.05, 0.1) is 0 Å². The molecular weight excluding hydrogens is 300 g/mol. The maximum absolute atomic E-state index is 12.4. The molecule has 2 N–H and O–H groups in total. The molecule has 9 nitrogen and oxygen atoms in total. The highest BCUT2D eigenvalue weighted by Crippen LogP contribution is 2.27. The van der Waals surface area contributed by atoms with Gasteiger partial charge in [0.15, 0.2) is 17.3 Å². The summed E-state index contributed by atoms with van der Waals surface area (Å²) in [6.45, 7) is -0.0210. The van der Waals surface area contributed by atoms with Crippen LogP contribution >= 0.6 is 0 Å². The molecular formula is C14H12N6O3. The lowest BCUT2D eigenvalue weighted by Gasteiger charge is -2.19. The van der Waals surface area contributed by atoms with Crippen molar-refractivity contribution in [2.45, 2.75) is 6.04 Å². The van der Waals surface area contributed by atoms with E-state index in [4.69, 9.17) is 10.00 Å². The number of aromatic nitrogens is 3. The van der Waals surface area contributed by atoms with Gasteiger partial charge in [-0.05, 0) is 12.1 Å². The van der Waals surface area contributed by atoms with Crippen LogP contribution < -0.4 is 15.0 Å².